The average molecular weight is 241 g/mol. The molecule has 0 aliphatic heterocycles. The second-order valence-corrected chi connectivity index (χ2v) is 3.21. The van der Waals surface area contributed by atoms with Gasteiger partial charge in [0.25, 0.3) is 6.43 Å². The van der Waals surface area contributed by atoms with Crippen LogP contribution >= 0.6 is 0 Å². The third-order valence-electron chi connectivity index (χ3n) is 2.18. The van der Waals surface area contributed by atoms with Gasteiger partial charge in [0, 0.05) is 23.9 Å². The zero-order valence-corrected chi connectivity index (χ0v) is 8.65. The number of hydrogen-bond acceptors (Lipinski definition) is 4. The molecule has 1 aromatic rings. The van der Waals surface area contributed by atoms with Gasteiger partial charge in [-0.3, -0.25) is 4.79 Å². The zero-order valence-electron chi connectivity index (χ0n) is 8.65. The van der Waals surface area contributed by atoms with E-state index >= 15 is 0 Å². The van der Waals surface area contributed by atoms with E-state index in [1.165, 1.54) is 0 Å². The minimum Gasteiger partial charge on any atom is -0.481 e. The number of nitrogens with two attached hydrogens (primary N) is 1. The van der Waals surface area contributed by atoms with Gasteiger partial charge in [-0.05, 0) is 5.56 Å². The van der Waals surface area contributed by atoms with Gasteiger partial charge >= 0.3 is 5.97 Å². The molecular formula is C10H9F2N3O2. The van der Waals surface area contributed by atoms with Gasteiger partial charge in [-0.15, -0.1) is 0 Å². The maximum Gasteiger partial charge on any atom is 0.307 e. The van der Waals surface area contributed by atoms with E-state index < -0.39 is 24.4 Å². The number of nitriles is 1. The lowest BCUT2D eigenvalue weighted by atomic mass is 9.99. The fraction of sp³-hybridized carbons (Fsp3) is 0.300. The monoisotopic (exact) mass is 241 g/mol. The van der Waals surface area contributed by atoms with Crippen molar-refractivity contribution in [1.82, 2.24) is 4.98 Å². The minimum absolute atomic E-state index is 0.0961. The molecule has 1 heterocycles. The molecule has 0 unspecified atom stereocenters. The number of nitrogens with zero attached hydrogens (tertiary/aromatic N) is 2. The van der Waals surface area contributed by atoms with Crippen molar-refractivity contribution in [1.29, 1.82) is 5.26 Å². The number of alkyl halides is 2. The highest BCUT2D eigenvalue weighted by atomic mass is 19.3. The van der Waals surface area contributed by atoms with Crippen molar-refractivity contribution in [2.45, 2.75) is 19.4 Å². The summed E-state index contributed by atoms with van der Waals surface area (Å²) in [6.07, 6.45) is -2.49. The van der Waals surface area contributed by atoms with Crippen LogP contribution in [0, 0.1) is 11.3 Å². The number of pyridine rings is 1. The second kappa shape index (κ2) is 5.32. The predicted octanol–water partition coefficient (Wildman–Crippen LogP) is 0.977. The van der Waals surface area contributed by atoms with Gasteiger partial charge < -0.3 is 10.8 Å². The van der Waals surface area contributed by atoms with Crippen molar-refractivity contribution >= 4 is 5.97 Å². The first kappa shape index (κ1) is 13.0. The third-order valence-corrected chi connectivity index (χ3v) is 2.18. The van der Waals surface area contributed by atoms with Crippen LogP contribution in [-0.2, 0) is 17.8 Å². The maximum absolute atomic E-state index is 12.9. The van der Waals surface area contributed by atoms with E-state index in [0.717, 1.165) is 6.20 Å². The Morgan fingerprint density at radius 1 is 1.65 bits per heavy atom. The number of hydrogen-bond donors (Lipinski definition) is 2. The van der Waals surface area contributed by atoms with Crippen molar-refractivity contribution in [2.75, 3.05) is 0 Å². The van der Waals surface area contributed by atoms with Crippen molar-refractivity contribution in [3.63, 3.8) is 0 Å². The molecule has 7 heteroatoms. The summed E-state index contributed by atoms with van der Waals surface area (Å²) in [6, 6.07) is 1.65. The van der Waals surface area contributed by atoms with Crippen molar-refractivity contribution in [2.24, 2.45) is 5.73 Å². The van der Waals surface area contributed by atoms with Crippen molar-refractivity contribution in [3.05, 3.63) is 28.6 Å². The van der Waals surface area contributed by atoms with E-state index in [0.29, 0.717) is 0 Å². The fourth-order valence-electron chi connectivity index (χ4n) is 1.49. The molecule has 1 rings (SSSR count). The Balaban J connectivity index is 3.43. The van der Waals surface area contributed by atoms with Gasteiger partial charge in [0.15, 0.2) is 0 Å². The van der Waals surface area contributed by atoms with Gasteiger partial charge in [0.1, 0.15) is 11.8 Å². The summed E-state index contributed by atoms with van der Waals surface area (Å²) in [5, 5.41) is 17.3. The molecule has 5 nitrogen and oxygen atoms in total. The topological polar surface area (TPSA) is 100 Å². The zero-order chi connectivity index (χ0) is 13.0. The molecule has 0 radical (unpaired) electrons. The number of carboxylic acids is 1. The number of halogens is 2. The summed E-state index contributed by atoms with van der Waals surface area (Å²) in [7, 11) is 0. The lowest BCUT2D eigenvalue weighted by Gasteiger charge is -2.12. The Morgan fingerprint density at radius 2 is 2.29 bits per heavy atom. The van der Waals surface area contributed by atoms with Gasteiger partial charge in [-0.25, -0.2) is 13.8 Å². The fourth-order valence-corrected chi connectivity index (χ4v) is 1.49. The van der Waals surface area contributed by atoms with Crippen LogP contribution in [0.15, 0.2) is 6.20 Å². The van der Waals surface area contributed by atoms with Gasteiger partial charge in [0.05, 0.1) is 6.42 Å². The Kier molecular flexibility index (Phi) is 4.06. The molecule has 0 amide bonds. The first-order valence-corrected chi connectivity index (χ1v) is 4.62. The predicted molar refractivity (Wildman–Crippen MR) is 53.1 cm³/mol. The van der Waals surface area contributed by atoms with Crippen LogP contribution in [-0.4, -0.2) is 16.1 Å². The number of aromatic nitrogens is 1. The maximum atomic E-state index is 12.9. The smallest absolute Gasteiger partial charge is 0.307 e. The lowest BCUT2D eigenvalue weighted by molar-refractivity contribution is -0.136. The summed E-state index contributed by atoms with van der Waals surface area (Å²) in [5.74, 6) is -1.25. The van der Waals surface area contributed by atoms with Crippen LogP contribution in [0.1, 0.15) is 28.8 Å². The van der Waals surface area contributed by atoms with Crippen LogP contribution < -0.4 is 5.73 Å². The highest BCUT2D eigenvalue weighted by Crippen LogP contribution is 2.28. The first-order chi connectivity index (χ1) is 8.01. The Morgan fingerprint density at radius 3 is 2.71 bits per heavy atom. The molecule has 0 aromatic carbocycles. The SMILES string of the molecule is N#Cc1ncc(CC(=O)O)c(C(F)F)c1CN. The van der Waals surface area contributed by atoms with Crippen molar-refractivity contribution < 1.29 is 18.7 Å². The molecule has 3 N–H and O–H groups in total. The molecule has 0 spiro atoms. The molecule has 90 valence electrons. The number of carboxylic acid groups (broad SMARTS) is 1. The van der Waals surface area contributed by atoms with E-state index in [-0.39, 0.29) is 23.4 Å². The van der Waals surface area contributed by atoms with E-state index in [4.69, 9.17) is 16.1 Å². The normalized spacial score (nSPS) is 10.3. The van der Waals surface area contributed by atoms with Crippen LogP contribution in [0.3, 0.4) is 0 Å². The van der Waals surface area contributed by atoms with Crippen LogP contribution in [0.25, 0.3) is 0 Å². The second-order valence-electron chi connectivity index (χ2n) is 3.21. The van der Waals surface area contributed by atoms with E-state index in [9.17, 15) is 13.6 Å². The summed E-state index contributed by atoms with van der Waals surface area (Å²) < 4.78 is 25.7. The van der Waals surface area contributed by atoms with Crippen LogP contribution in [0.2, 0.25) is 0 Å². The molecule has 0 bridgehead atoms. The average Bonchev–Trinajstić information content (AvgIpc) is 2.26. The highest BCUT2D eigenvalue weighted by molar-refractivity contribution is 5.71. The van der Waals surface area contributed by atoms with Gasteiger partial charge in [-0.2, -0.15) is 5.26 Å². The molecular weight excluding hydrogens is 232 g/mol. The Labute approximate surface area is 95.5 Å². The summed E-state index contributed by atoms with van der Waals surface area (Å²) in [5.41, 5.74) is 4.38. The Bertz CT molecular complexity index is 483. The summed E-state index contributed by atoms with van der Waals surface area (Å²) >= 11 is 0. The molecule has 1 aromatic heterocycles. The first-order valence-electron chi connectivity index (χ1n) is 4.62. The minimum atomic E-state index is -2.89. The lowest BCUT2D eigenvalue weighted by Crippen LogP contribution is -2.12. The van der Waals surface area contributed by atoms with Crippen LogP contribution in [0.4, 0.5) is 8.78 Å². The van der Waals surface area contributed by atoms with Crippen LogP contribution in [0.5, 0.6) is 0 Å². The number of rotatable bonds is 4. The van der Waals surface area contributed by atoms with E-state index in [1.807, 2.05) is 0 Å². The highest BCUT2D eigenvalue weighted by Gasteiger charge is 2.22. The molecule has 0 atom stereocenters. The number of carbonyl (C=O) groups is 1. The molecule has 0 saturated carbocycles. The van der Waals surface area contributed by atoms with E-state index in [2.05, 4.69) is 4.98 Å². The quantitative estimate of drug-likeness (QED) is 0.818. The third kappa shape index (κ3) is 2.73. The van der Waals surface area contributed by atoms with Gasteiger partial charge in [0.2, 0.25) is 0 Å². The molecule has 0 aliphatic carbocycles. The Hall–Kier alpha value is -2.07. The molecule has 0 saturated heterocycles. The number of aliphatic carboxylic acids is 1. The summed E-state index contributed by atoms with van der Waals surface area (Å²) in [4.78, 5) is 14.2. The summed E-state index contributed by atoms with van der Waals surface area (Å²) in [6.45, 7) is -0.289. The molecule has 0 aliphatic rings. The molecule has 0 fully saturated rings. The largest absolute Gasteiger partial charge is 0.481 e. The molecule has 17 heavy (non-hydrogen) atoms. The van der Waals surface area contributed by atoms with Gasteiger partial charge in [-0.1, -0.05) is 0 Å². The van der Waals surface area contributed by atoms with E-state index in [1.54, 1.807) is 6.07 Å². The standard InChI is InChI=1S/C10H9F2N3O2/c11-10(12)9-5(1-8(16)17)4-15-7(3-14)6(9)2-13/h4,10H,1-2,13H2,(H,16,17). The van der Waals surface area contributed by atoms with Crippen molar-refractivity contribution in [3.8, 4) is 6.07 Å².